The lowest BCUT2D eigenvalue weighted by atomic mass is 10.1. The number of benzene rings is 1. The number of carbonyl (C=O) groups is 1. The van der Waals surface area contributed by atoms with Crippen molar-refractivity contribution in [3.05, 3.63) is 29.5 Å². The highest BCUT2D eigenvalue weighted by Gasteiger charge is 2.29. The minimum atomic E-state index is -3.08. The van der Waals surface area contributed by atoms with Gasteiger partial charge in [0.1, 0.15) is 5.69 Å². The van der Waals surface area contributed by atoms with Crippen LogP contribution in [-0.2, 0) is 5.92 Å². The minimum Gasteiger partial charge on any atom is -0.478 e. The summed E-state index contributed by atoms with van der Waals surface area (Å²) in [5, 5.41) is 14.8. The Labute approximate surface area is 88.9 Å². The molecule has 0 spiro atoms. The quantitative estimate of drug-likeness (QED) is 0.826. The number of carboxylic acids is 1. The Kier molecular flexibility index (Phi) is 2.15. The highest BCUT2D eigenvalue weighted by Crippen LogP contribution is 2.31. The van der Waals surface area contributed by atoms with Gasteiger partial charge in [0.05, 0.1) is 11.1 Å². The fourth-order valence-corrected chi connectivity index (χ4v) is 1.48. The van der Waals surface area contributed by atoms with Gasteiger partial charge in [-0.3, -0.25) is 5.10 Å². The number of carboxylic acid groups (broad SMARTS) is 1. The summed E-state index contributed by atoms with van der Waals surface area (Å²) in [5.41, 5.74) is -0.0912. The van der Waals surface area contributed by atoms with Gasteiger partial charge in [0.15, 0.2) is 0 Å². The molecule has 0 bridgehead atoms. The molecule has 2 aromatic rings. The number of aromatic carboxylic acids is 1. The molecule has 84 valence electrons. The molecule has 0 amide bonds. The number of nitrogens with one attached hydrogen (secondary N) is 1. The largest absolute Gasteiger partial charge is 0.478 e. The average molecular weight is 226 g/mol. The standard InChI is InChI=1S/C10H8F2N2O2/c1-10(11,12)8-6-4-5(9(15)16)2-3-7(6)13-14-8/h2-4H,1H3,(H,13,14)(H,15,16). The molecular weight excluding hydrogens is 218 g/mol. The molecule has 2 rings (SSSR count). The second-order valence-corrected chi connectivity index (χ2v) is 3.52. The van der Waals surface area contributed by atoms with Crippen molar-refractivity contribution in [2.75, 3.05) is 0 Å². The van der Waals surface area contributed by atoms with Crippen molar-refractivity contribution < 1.29 is 18.7 Å². The lowest BCUT2D eigenvalue weighted by Crippen LogP contribution is -2.08. The molecule has 0 aliphatic rings. The van der Waals surface area contributed by atoms with Crippen molar-refractivity contribution >= 4 is 16.9 Å². The molecule has 0 saturated carbocycles. The Bertz CT molecular complexity index is 557. The summed E-state index contributed by atoms with van der Waals surface area (Å²) in [6, 6.07) is 3.90. The van der Waals surface area contributed by atoms with Crippen LogP contribution in [0.5, 0.6) is 0 Å². The minimum absolute atomic E-state index is 0.0422. The predicted octanol–water partition coefficient (Wildman–Crippen LogP) is 2.37. The van der Waals surface area contributed by atoms with Gasteiger partial charge in [-0.1, -0.05) is 0 Å². The molecular formula is C10H8F2N2O2. The molecule has 1 heterocycles. The molecule has 0 aliphatic carbocycles. The molecule has 2 N–H and O–H groups in total. The van der Waals surface area contributed by atoms with Crippen LogP contribution in [-0.4, -0.2) is 21.3 Å². The number of fused-ring (bicyclic) bond motifs is 1. The molecule has 0 radical (unpaired) electrons. The Morgan fingerprint density at radius 1 is 1.50 bits per heavy atom. The number of rotatable bonds is 2. The number of halogens is 2. The first-order valence-corrected chi connectivity index (χ1v) is 4.49. The maximum absolute atomic E-state index is 13.1. The lowest BCUT2D eigenvalue weighted by Gasteiger charge is -2.07. The van der Waals surface area contributed by atoms with Gasteiger partial charge in [0.25, 0.3) is 5.92 Å². The predicted molar refractivity (Wildman–Crippen MR) is 52.6 cm³/mol. The van der Waals surface area contributed by atoms with Gasteiger partial charge in [0, 0.05) is 12.3 Å². The summed E-state index contributed by atoms with van der Waals surface area (Å²) in [6.45, 7) is 0.730. The van der Waals surface area contributed by atoms with Crippen molar-refractivity contribution in [3.8, 4) is 0 Å². The van der Waals surface area contributed by atoms with Gasteiger partial charge in [-0.25, -0.2) is 4.79 Å². The molecule has 1 aromatic carbocycles. The summed E-state index contributed by atoms with van der Waals surface area (Å²) in [7, 11) is 0. The Morgan fingerprint density at radius 2 is 2.19 bits per heavy atom. The van der Waals surface area contributed by atoms with Crippen molar-refractivity contribution in [3.63, 3.8) is 0 Å². The van der Waals surface area contributed by atoms with Crippen molar-refractivity contribution in [2.24, 2.45) is 0 Å². The normalized spacial score (nSPS) is 11.9. The van der Waals surface area contributed by atoms with E-state index in [-0.39, 0.29) is 16.6 Å². The fraction of sp³-hybridized carbons (Fsp3) is 0.200. The van der Waals surface area contributed by atoms with E-state index in [0.717, 1.165) is 6.92 Å². The molecule has 1 aromatic heterocycles. The summed E-state index contributed by atoms with van der Waals surface area (Å²) in [6.07, 6.45) is 0. The molecule has 0 fully saturated rings. The number of H-pyrrole nitrogens is 1. The molecule has 16 heavy (non-hydrogen) atoms. The van der Waals surface area contributed by atoms with E-state index >= 15 is 0 Å². The molecule has 0 unspecified atom stereocenters. The van der Waals surface area contributed by atoms with Crippen LogP contribution in [0.1, 0.15) is 23.0 Å². The Morgan fingerprint density at radius 3 is 2.75 bits per heavy atom. The summed E-state index contributed by atoms with van der Waals surface area (Å²) < 4.78 is 26.3. The van der Waals surface area contributed by atoms with E-state index in [2.05, 4.69) is 10.2 Å². The smallest absolute Gasteiger partial charge is 0.335 e. The van der Waals surface area contributed by atoms with Gasteiger partial charge in [-0.05, 0) is 18.2 Å². The molecule has 0 atom stereocenters. The maximum atomic E-state index is 13.1. The highest BCUT2D eigenvalue weighted by molar-refractivity contribution is 5.94. The molecule has 0 saturated heterocycles. The summed E-state index contributed by atoms with van der Waals surface area (Å²) in [4.78, 5) is 10.7. The highest BCUT2D eigenvalue weighted by atomic mass is 19.3. The van der Waals surface area contributed by atoms with E-state index in [1.807, 2.05) is 0 Å². The third kappa shape index (κ3) is 1.62. The van der Waals surface area contributed by atoms with Crippen LogP contribution in [0.4, 0.5) is 8.78 Å². The maximum Gasteiger partial charge on any atom is 0.335 e. The zero-order valence-corrected chi connectivity index (χ0v) is 8.29. The Balaban J connectivity index is 2.70. The molecule has 6 heteroatoms. The number of alkyl halides is 2. The van der Waals surface area contributed by atoms with Crippen LogP contribution in [0.2, 0.25) is 0 Å². The number of hydrogen-bond donors (Lipinski definition) is 2. The van der Waals surface area contributed by atoms with E-state index in [1.54, 1.807) is 0 Å². The zero-order valence-electron chi connectivity index (χ0n) is 8.29. The summed E-state index contributed by atoms with van der Waals surface area (Å²) in [5.74, 6) is -4.24. The topological polar surface area (TPSA) is 66.0 Å². The lowest BCUT2D eigenvalue weighted by molar-refractivity contribution is 0.0142. The molecule has 4 nitrogen and oxygen atoms in total. The second kappa shape index (κ2) is 3.26. The van der Waals surface area contributed by atoms with Crippen LogP contribution in [0, 0.1) is 0 Å². The second-order valence-electron chi connectivity index (χ2n) is 3.52. The molecule has 0 aliphatic heterocycles. The van der Waals surface area contributed by atoms with Gasteiger partial charge >= 0.3 is 5.97 Å². The Hall–Kier alpha value is -1.98. The van der Waals surface area contributed by atoms with Crippen molar-refractivity contribution in [2.45, 2.75) is 12.8 Å². The van der Waals surface area contributed by atoms with E-state index in [0.29, 0.717) is 5.52 Å². The van der Waals surface area contributed by atoms with E-state index < -0.39 is 11.9 Å². The van der Waals surface area contributed by atoms with Gasteiger partial charge in [-0.15, -0.1) is 0 Å². The average Bonchev–Trinajstić information content (AvgIpc) is 2.58. The van der Waals surface area contributed by atoms with Crippen LogP contribution in [0.25, 0.3) is 10.9 Å². The number of nitrogens with zero attached hydrogens (tertiary/aromatic N) is 1. The van der Waals surface area contributed by atoms with Gasteiger partial charge < -0.3 is 5.11 Å². The van der Waals surface area contributed by atoms with Gasteiger partial charge in [0.2, 0.25) is 0 Å². The third-order valence-corrected chi connectivity index (χ3v) is 2.24. The summed E-state index contributed by atoms with van der Waals surface area (Å²) >= 11 is 0. The number of aromatic amines is 1. The van der Waals surface area contributed by atoms with Crippen LogP contribution >= 0.6 is 0 Å². The van der Waals surface area contributed by atoms with Crippen LogP contribution in [0.3, 0.4) is 0 Å². The third-order valence-electron chi connectivity index (χ3n) is 2.24. The zero-order chi connectivity index (χ0) is 11.9. The van der Waals surface area contributed by atoms with E-state index in [4.69, 9.17) is 5.11 Å². The number of hydrogen-bond acceptors (Lipinski definition) is 2. The van der Waals surface area contributed by atoms with Crippen LogP contribution < -0.4 is 0 Å². The fourth-order valence-electron chi connectivity index (χ4n) is 1.48. The monoisotopic (exact) mass is 226 g/mol. The van der Waals surface area contributed by atoms with Gasteiger partial charge in [-0.2, -0.15) is 13.9 Å². The van der Waals surface area contributed by atoms with Crippen molar-refractivity contribution in [1.29, 1.82) is 0 Å². The first-order chi connectivity index (χ1) is 7.39. The first-order valence-electron chi connectivity index (χ1n) is 4.49. The van der Waals surface area contributed by atoms with E-state index in [1.165, 1.54) is 18.2 Å². The van der Waals surface area contributed by atoms with Crippen molar-refractivity contribution in [1.82, 2.24) is 10.2 Å². The first kappa shape index (κ1) is 10.5. The number of aromatic nitrogens is 2. The van der Waals surface area contributed by atoms with E-state index in [9.17, 15) is 13.6 Å². The SMILES string of the molecule is CC(F)(F)c1[nH]nc2ccc(C(=O)O)cc12. The van der Waals surface area contributed by atoms with Crippen LogP contribution in [0.15, 0.2) is 18.2 Å².